The van der Waals surface area contributed by atoms with Crippen molar-refractivity contribution in [1.82, 2.24) is 19.7 Å². The molecule has 0 spiro atoms. The molecule has 20 heavy (non-hydrogen) atoms. The summed E-state index contributed by atoms with van der Waals surface area (Å²) in [5.41, 5.74) is 6.81. The third-order valence-electron chi connectivity index (χ3n) is 2.84. The summed E-state index contributed by atoms with van der Waals surface area (Å²) in [6.07, 6.45) is 1.05. The number of thioether (sulfide) groups is 1. The molecular weight excluding hydrogens is 290 g/mol. The van der Waals surface area contributed by atoms with E-state index in [4.69, 9.17) is 5.73 Å². The van der Waals surface area contributed by atoms with Gasteiger partial charge >= 0.3 is 0 Å². The lowest BCUT2D eigenvalue weighted by molar-refractivity contribution is 0.592. The second-order valence-corrected chi connectivity index (χ2v) is 6.71. The van der Waals surface area contributed by atoms with Crippen molar-refractivity contribution >= 4 is 23.1 Å². The molecule has 0 aliphatic heterocycles. The van der Waals surface area contributed by atoms with Crippen LogP contribution in [0.2, 0.25) is 0 Å². The number of nitrogens with zero attached hydrogens (tertiary/aromatic N) is 4. The summed E-state index contributed by atoms with van der Waals surface area (Å²) in [6, 6.07) is 0. The van der Waals surface area contributed by atoms with Crippen LogP contribution in [0.3, 0.4) is 0 Å². The topological polar surface area (TPSA) is 69.6 Å². The average Bonchev–Trinajstić information content (AvgIpc) is 3.03. The van der Waals surface area contributed by atoms with Crippen LogP contribution in [0, 0.1) is 0 Å². The van der Waals surface area contributed by atoms with Crippen molar-refractivity contribution in [3.05, 3.63) is 21.9 Å². The largest absolute Gasteiger partial charge is 0.324 e. The van der Waals surface area contributed by atoms with Gasteiger partial charge in [0.1, 0.15) is 5.82 Å². The first-order chi connectivity index (χ1) is 9.65. The quantitative estimate of drug-likeness (QED) is 0.796. The maximum absolute atomic E-state index is 5.69. The van der Waals surface area contributed by atoms with Crippen molar-refractivity contribution in [2.75, 3.05) is 0 Å². The second-order valence-electron chi connectivity index (χ2n) is 4.88. The van der Waals surface area contributed by atoms with Gasteiger partial charge in [-0.05, 0) is 6.42 Å². The van der Waals surface area contributed by atoms with Crippen LogP contribution in [0.1, 0.15) is 49.6 Å². The van der Waals surface area contributed by atoms with Crippen molar-refractivity contribution in [2.24, 2.45) is 5.73 Å². The maximum atomic E-state index is 5.69. The SMILES string of the molecule is CCCn1c(CN)nnc1SCc1csc(C(C)C)n1. The van der Waals surface area contributed by atoms with E-state index < -0.39 is 0 Å². The molecule has 0 saturated carbocycles. The molecule has 0 atom stereocenters. The van der Waals surface area contributed by atoms with E-state index in [9.17, 15) is 0 Å². The maximum Gasteiger partial charge on any atom is 0.191 e. The standard InChI is InChI=1S/C13H21N5S2/c1-4-5-18-11(6-14)16-17-13(18)20-8-10-7-19-12(15-10)9(2)3/h7,9H,4-6,8,14H2,1-3H3. The molecule has 0 unspecified atom stereocenters. The Hall–Kier alpha value is -0.920. The summed E-state index contributed by atoms with van der Waals surface area (Å²) in [5, 5.41) is 12.6. The van der Waals surface area contributed by atoms with Gasteiger partial charge in [-0.25, -0.2) is 4.98 Å². The number of aromatic nitrogens is 4. The van der Waals surface area contributed by atoms with Crippen molar-refractivity contribution < 1.29 is 0 Å². The zero-order valence-corrected chi connectivity index (χ0v) is 13.8. The highest BCUT2D eigenvalue weighted by molar-refractivity contribution is 7.98. The fraction of sp³-hybridized carbons (Fsp3) is 0.615. The van der Waals surface area contributed by atoms with E-state index in [1.54, 1.807) is 23.1 Å². The van der Waals surface area contributed by atoms with Gasteiger partial charge in [-0.1, -0.05) is 32.5 Å². The molecule has 0 fully saturated rings. The average molecular weight is 311 g/mol. The summed E-state index contributed by atoms with van der Waals surface area (Å²) in [5.74, 6) is 2.18. The number of hydrogen-bond donors (Lipinski definition) is 1. The zero-order valence-electron chi connectivity index (χ0n) is 12.2. The normalized spacial score (nSPS) is 11.4. The van der Waals surface area contributed by atoms with Gasteiger partial charge in [0.15, 0.2) is 5.16 Å². The van der Waals surface area contributed by atoms with Gasteiger partial charge in [-0.15, -0.1) is 21.5 Å². The Morgan fingerprint density at radius 2 is 2.20 bits per heavy atom. The number of thiazole rings is 1. The van der Waals surface area contributed by atoms with E-state index in [1.165, 1.54) is 5.01 Å². The second kappa shape index (κ2) is 7.19. The lowest BCUT2D eigenvalue weighted by Gasteiger charge is -2.06. The van der Waals surface area contributed by atoms with Crippen LogP contribution in [0.5, 0.6) is 0 Å². The van der Waals surface area contributed by atoms with E-state index in [2.05, 4.69) is 45.9 Å². The molecule has 0 bridgehead atoms. The predicted molar refractivity (Wildman–Crippen MR) is 84.0 cm³/mol. The molecule has 0 aromatic carbocycles. The third-order valence-corrected chi connectivity index (χ3v) is 5.03. The summed E-state index contributed by atoms with van der Waals surface area (Å²) < 4.78 is 2.11. The molecule has 110 valence electrons. The van der Waals surface area contributed by atoms with Gasteiger partial charge < -0.3 is 10.3 Å². The Balaban J connectivity index is 2.04. The van der Waals surface area contributed by atoms with Crippen molar-refractivity contribution in [3.63, 3.8) is 0 Å². The highest BCUT2D eigenvalue weighted by Gasteiger charge is 2.12. The molecule has 2 N–H and O–H groups in total. The van der Waals surface area contributed by atoms with Gasteiger partial charge in [0.05, 0.1) is 17.2 Å². The number of nitrogens with two attached hydrogens (primary N) is 1. The van der Waals surface area contributed by atoms with Crippen LogP contribution in [0.4, 0.5) is 0 Å². The highest BCUT2D eigenvalue weighted by atomic mass is 32.2. The molecule has 7 heteroatoms. The summed E-state index contributed by atoms with van der Waals surface area (Å²) >= 11 is 3.41. The first kappa shape index (κ1) is 15.5. The number of rotatable bonds is 7. The molecule has 0 aliphatic rings. The first-order valence-corrected chi connectivity index (χ1v) is 8.71. The summed E-state index contributed by atoms with van der Waals surface area (Å²) in [7, 11) is 0. The van der Waals surface area contributed by atoms with Crippen molar-refractivity contribution in [2.45, 2.75) is 57.1 Å². The molecule has 0 aliphatic carbocycles. The minimum absolute atomic E-state index is 0.432. The van der Waals surface area contributed by atoms with Crippen molar-refractivity contribution in [1.29, 1.82) is 0 Å². The molecular formula is C13H21N5S2. The van der Waals surface area contributed by atoms with Gasteiger partial charge in [0.25, 0.3) is 0 Å². The van der Waals surface area contributed by atoms with E-state index in [0.717, 1.165) is 35.4 Å². The molecule has 5 nitrogen and oxygen atoms in total. The summed E-state index contributed by atoms with van der Waals surface area (Å²) in [6.45, 7) is 7.82. The molecule has 0 saturated heterocycles. The highest BCUT2D eigenvalue weighted by Crippen LogP contribution is 2.25. The van der Waals surface area contributed by atoms with Crippen LogP contribution >= 0.6 is 23.1 Å². The predicted octanol–water partition coefficient (Wildman–Crippen LogP) is 3.02. The minimum atomic E-state index is 0.432. The van der Waals surface area contributed by atoms with Crippen molar-refractivity contribution in [3.8, 4) is 0 Å². The van der Waals surface area contributed by atoms with Crippen LogP contribution in [0.15, 0.2) is 10.5 Å². The molecule has 2 aromatic rings. The lowest BCUT2D eigenvalue weighted by Crippen LogP contribution is -2.09. The van der Waals surface area contributed by atoms with E-state index in [-0.39, 0.29) is 0 Å². The van der Waals surface area contributed by atoms with Gasteiger partial charge in [-0.3, -0.25) is 0 Å². The van der Waals surface area contributed by atoms with Crippen LogP contribution < -0.4 is 5.73 Å². The van der Waals surface area contributed by atoms with E-state index in [0.29, 0.717) is 12.5 Å². The number of hydrogen-bond acceptors (Lipinski definition) is 6. The molecule has 2 heterocycles. The Morgan fingerprint density at radius 3 is 2.80 bits per heavy atom. The zero-order chi connectivity index (χ0) is 14.5. The van der Waals surface area contributed by atoms with Crippen LogP contribution in [-0.4, -0.2) is 19.7 Å². The van der Waals surface area contributed by atoms with Gasteiger partial charge in [-0.2, -0.15) is 0 Å². The van der Waals surface area contributed by atoms with Gasteiger partial charge in [0.2, 0.25) is 0 Å². The minimum Gasteiger partial charge on any atom is -0.324 e. The Bertz CT molecular complexity index is 547. The van der Waals surface area contributed by atoms with E-state index >= 15 is 0 Å². The van der Waals surface area contributed by atoms with Crippen LogP contribution in [0.25, 0.3) is 0 Å². The van der Waals surface area contributed by atoms with Gasteiger partial charge in [0, 0.05) is 23.6 Å². The molecule has 0 amide bonds. The third kappa shape index (κ3) is 3.59. The first-order valence-electron chi connectivity index (χ1n) is 6.85. The Kier molecular flexibility index (Phi) is 5.56. The molecule has 0 radical (unpaired) electrons. The molecule has 2 rings (SSSR count). The fourth-order valence-corrected chi connectivity index (χ4v) is 3.63. The fourth-order valence-electron chi connectivity index (χ4n) is 1.82. The molecule has 2 aromatic heterocycles. The van der Waals surface area contributed by atoms with Crippen LogP contribution in [-0.2, 0) is 18.8 Å². The van der Waals surface area contributed by atoms with E-state index in [1.807, 2.05) is 0 Å². The Labute approximate surface area is 128 Å². The smallest absolute Gasteiger partial charge is 0.191 e. The Morgan fingerprint density at radius 1 is 1.40 bits per heavy atom. The lowest BCUT2D eigenvalue weighted by atomic mass is 10.2. The monoisotopic (exact) mass is 311 g/mol. The summed E-state index contributed by atoms with van der Waals surface area (Å²) in [4.78, 5) is 4.64.